The van der Waals surface area contributed by atoms with E-state index in [4.69, 9.17) is 11.6 Å². The van der Waals surface area contributed by atoms with Gasteiger partial charge in [-0.2, -0.15) is 0 Å². The van der Waals surface area contributed by atoms with Crippen molar-refractivity contribution in [2.75, 3.05) is 5.88 Å². The van der Waals surface area contributed by atoms with Crippen molar-refractivity contribution in [3.8, 4) is 0 Å². The zero-order valence-electron chi connectivity index (χ0n) is 9.37. The van der Waals surface area contributed by atoms with Crippen LogP contribution in [-0.2, 0) is 4.79 Å². The molecule has 1 aliphatic heterocycles. The number of carbonyl (C=O) groups excluding carboxylic acids is 1. The molecule has 0 fully saturated rings. The van der Waals surface area contributed by atoms with Crippen molar-refractivity contribution in [3.63, 3.8) is 0 Å². The number of thioether (sulfide) groups is 1. The third-order valence-electron chi connectivity index (χ3n) is 2.38. The summed E-state index contributed by atoms with van der Waals surface area (Å²) in [6.07, 6.45) is 0. The second-order valence-corrected chi connectivity index (χ2v) is 5.01. The first-order chi connectivity index (χ1) is 8.19. The summed E-state index contributed by atoms with van der Waals surface area (Å²) in [5, 5.41) is 8.00. The summed E-state index contributed by atoms with van der Waals surface area (Å²) in [6, 6.07) is 8.24. The van der Waals surface area contributed by atoms with Gasteiger partial charge in [0.25, 0.3) is 0 Å². The number of amides is 1. The van der Waals surface area contributed by atoms with E-state index in [2.05, 4.69) is 41.8 Å². The predicted octanol–water partition coefficient (Wildman–Crippen LogP) is 2.27. The van der Waals surface area contributed by atoms with E-state index >= 15 is 0 Å². The van der Waals surface area contributed by atoms with Crippen LogP contribution in [0.25, 0.3) is 5.70 Å². The second-order valence-electron chi connectivity index (χ2n) is 3.76. The highest BCUT2D eigenvalue weighted by Crippen LogP contribution is 2.25. The lowest BCUT2D eigenvalue weighted by molar-refractivity contribution is -0.118. The number of hydrogen-bond donors (Lipinski definition) is 2. The van der Waals surface area contributed by atoms with Crippen LogP contribution in [0.3, 0.4) is 0 Å². The van der Waals surface area contributed by atoms with E-state index in [-0.39, 0.29) is 17.3 Å². The lowest BCUT2D eigenvalue weighted by Gasteiger charge is -2.14. The first-order valence-corrected chi connectivity index (χ1v) is 6.71. The van der Waals surface area contributed by atoms with Crippen LogP contribution in [0.1, 0.15) is 11.1 Å². The Morgan fingerprint density at radius 3 is 2.82 bits per heavy atom. The van der Waals surface area contributed by atoms with E-state index in [0.29, 0.717) is 0 Å². The first kappa shape index (κ1) is 12.3. The lowest BCUT2D eigenvalue weighted by Crippen LogP contribution is -2.40. The van der Waals surface area contributed by atoms with Gasteiger partial charge in [0.05, 0.1) is 5.70 Å². The summed E-state index contributed by atoms with van der Waals surface area (Å²) in [7, 11) is 0. The van der Waals surface area contributed by atoms with Crippen LogP contribution >= 0.6 is 23.4 Å². The molecule has 2 rings (SSSR count). The third kappa shape index (κ3) is 3.17. The van der Waals surface area contributed by atoms with E-state index in [1.807, 2.05) is 5.41 Å². The summed E-state index contributed by atoms with van der Waals surface area (Å²) >= 11 is 6.96. The van der Waals surface area contributed by atoms with Crippen LogP contribution in [-0.4, -0.2) is 17.3 Å². The maximum absolute atomic E-state index is 11.1. The van der Waals surface area contributed by atoms with Gasteiger partial charge in [-0.1, -0.05) is 41.6 Å². The van der Waals surface area contributed by atoms with Gasteiger partial charge in [0.15, 0.2) is 5.50 Å². The first-order valence-electron chi connectivity index (χ1n) is 5.23. The van der Waals surface area contributed by atoms with E-state index < -0.39 is 0 Å². The van der Waals surface area contributed by atoms with Gasteiger partial charge in [-0.3, -0.25) is 4.79 Å². The zero-order valence-corrected chi connectivity index (χ0v) is 10.9. The molecule has 1 aliphatic rings. The van der Waals surface area contributed by atoms with Gasteiger partial charge in [-0.15, -0.1) is 11.6 Å². The number of nitrogens with one attached hydrogen (secondary N) is 2. The fraction of sp³-hybridized carbons (Fsp3) is 0.250. The molecule has 90 valence electrons. The van der Waals surface area contributed by atoms with E-state index in [9.17, 15) is 4.79 Å². The van der Waals surface area contributed by atoms with E-state index in [0.717, 1.165) is 11.3 Å². The molecule has 1 aromatic rings. The Balaban J connectivity index is 1.97. The van der Waals surface area contributed by atoms with Gasteiger partial charge < -0.3 is 10.6 Å². The van der Waals surface area contributed by atoms with Gasteiger partial charge in [0.2, 0.25) is 5.91 Å². The van der Waals surface area contributed by atoms with Gasteiger partial charge in [-0.05, 0) is 17.9 Å². The van der Waals surface area contributed by atoms with E-state index in [1.165, 1.54) is 17.3 Å². The molecule has 0 aliphatic carbocycles. The molecule has 0 unspecified atom stereocenters. The molecule has 0 aromatic heterocycles. The topological polar surface area (TPSA) is 41.1 Å². The summed E-state index contributed by atoms with van der Waals surface area (Å²) in [6.45, 7) is 2.05. The zero-order chi connectivity index (χ0) is 12.3. The molecule has 17 heavy (non-hydrogen) atoms. The van der Waals surface area contributed by atoms with Gasteiger partial charge in [0, 0.05) is 0 Å². The van der Waals surface area contributed by atoms with Crippen molar-refractivity contribution in [2.45, 2.75) is 12.4 Å². The highest BCUT2D eigenvalue weighted by molar-refractivity contribution is 8.03. The van der Waals surface area contributed by atoms with E-state index in [1.54, 1.807) is 0 Å². The monoisotopic (exact) mass is 268 g/mol. The number of alkyl halides is 1. The van der Waals surface area contributed by atoms with Crippen molar-refractivity contribution in [3.05, 3.63) is 40.8 Å². The molecule has 3 nitrogen and oxygen atoms in total. The maximum atomic E-state index is 11.1. The van der Waals surface area contributed by atoms with Crippen LogP contribution in [0.5, 0.6) is 0 Å². The van der Waals surface area contributed by atoms with Gasteiger partial charge in [0.1, 0.15) is 5.88 Å². The van der Waals surface area contributed by atoms with Crippen molar-refractivity contribution < 1.29 is 4.79 Å². The molecule has 0 spiro atoms. The maximum Gasteiger partial charge on any atom is 0.237 e. The molecule has 0 bridgehead atoms. The minimum Gasteiger partial charge on any atom is -0.356 e. The Labute approximate surface area is 110 Å². The molecule has 0 saturated heterocycles. The Kier molecular flexibility index (Phi) is 3.97. The second kappa shape index (κ2) is 5.47. The standard InChI is InChI=1S/C12H13ClN2OS/c1-8-2-4-9(5-3-8)10-7-17-12(14-10)15-11(16)6-13/h2-5,7,12,14H,6H2,1H3,(H,15,16)/t12-/m1/s1. The van der Waals surface area contributed by atoms with Gasteiger partial charge in [-0.25, -0.2) is 0 Å². The Hall–Kier alpha value is -1.13. The Morgan fingerprint density at radius 1 is 1.47 bits per heavy atom. The van der Waals surface area contributed by atoms with Crippen molar-refractivity contribution >= 4 is 35.0 Å². The molecule has 1 aromatic carbocycles. The quantitative estimate of drug-likeness (QED) is 0.827. The molecule has 1 amide bonds. The largest absolute Gasteiger partial charge is 0.356 e. The number of hydrogen-bond acceptors (Lipinski definition) is 3. The number of carbonyl (C=O) groups is 1. The molecular weight excluding hydrogens is 256 g/mol. The predicted molar refractivity (Wildman–Crippen MR) is 72.5 cm³/mol. The molecule has 0 saturated carbocycles. The summed E-state index contributed by atoms with van der Waals surface area (Å²) < 4.78 is 0. The number of rotatable bonds is 3. The van der Waals surface area contributed by atoms with Crippen LogP contribution in [0.15, 0.2) is 29.7 Å². The van der Waals surface area contributed by atoms with Crippen LogP contribution in [0, 0.1) is 6.92 Å². The highest BCUT2D eigenvalue weighted by atomic mass is 35.5. The number of aryl methyl sites for hydroxylation is 1. The Morgan fingerprint density at radius 2 is 2.18 bits per heavy atom. The van der Waals surface area contributed by atoms with Crippen molar-refractivity contribution in [2.24, 2.45) is 0 Å². The van der Waals surface area contributed by atoms with Crippen molar-refractivity contribution in [1.82, 2.24) is 10.6 Å². The number of halogens is 1. The summed E-state index contributed by atoms with van der Waals surface area (Å²) in [4.78, 5) is 11.1. The smallest absolute Gasteiger partial charge is 0.237 e. The van der Waals surface area contributed by atoms with Crippen LogP contribution < -0.4 is 10.6 Å². The third-order valence-corrected chi connectivity index (χ3v) is 3.51. The Bertz CT molecular complexity index is 444. The molecule has 2 N–H and O–H groups in total. The summed E-state index contributed by atoms with van der Waals surface area (Å²) in [5.74, 6) is -0.186. The molecular formula is C12H13ClN2OS. The molecule has 1 heterocycles. The highest BCUT2D eigenvalue weighted by Gasteiger charge is 2.18. The molecule has 0 radical (unpaired) electrons. The fourth-order valence-electron chi connectivity index (χ4n) is 1.48. The van der Waals surface area contributed by atoms with Crippen molar-refractivity contribution in [1.29, 1.82) is 0 Å². The molecule has 1 atom stereocenters. The van der Waals surface area contributed by atoms with Gasteiger partial charge >= 0.3 is 0 Å². The van der Waals surface area contributed by atoms with Crippen LogP contribution in [0.2, 0.25) is 0 Å². The minimum absolute atomic E-state index is 0.0153. The summed E-state index contributed by atoms with van der Waals surface area (Å²) in [5.41, 5.74) is 3.24. The molecule has 5 heteroatoms. The lowest BCUT2D eigenvalue weighted by atomic mass is 10.1. The average Bonchev–Trinajstić information content (AvgIpc) is 2.78. The normalized spacial score (nSPS) is 18.5. The average molecular weight is 269 g/mol. The number of benzene rings is 1. The van der Waals surface area contributed by atoms with Crippen LogP contribution in [0.4, 0.5) is 0 Å². The fourth-order valence-corrected chi connectivity index (χ4v) is 2.43. The SMILES string of the molecule is Cc1ccc(C2=CS[C@@H](NC(=O)CCl)N2)cc1. The minimum atomic E-state index is -0.171.